The van der Waals surface area contributed by atoms with E-state index in [4.69, 9.17) is 15.1 Å². The van der Waals surface area contributed by atoms with Crippen LogP contribution in [0.25, 0.3) is 6.08 Å². The van der Waals surface area contributed by atoms with Gasteiger partial charge in [0.2, 0.25) is 0 Å². The van der Waals surface area contributed by atoms with Crippen molar-refractivity contribution in [3.63, 3.8) is 0 Å². The first-order chi connectivity index (χ1) is 8.93. The first kappa shape index (κ1) is 14.5. The minimum atomic E-state index is -1.03. The molecule has 98 valence electrons. The van der Waals surface area contributed by atoms with Gasteiger partial charge in [-0.25, -0.2) is 9.59 Å². The van der Waals surface area contributed by atoms with Crippen LogP contribution in [-0.4, -0.2) is 23.1 Å². The molecule has 1 rings (SSSR count). The lowest BCUT2D eigenvalue weighted by Gasteiger charge is -2.06. The van der Waals surface area contributed by atoms with Crippen LogP contribution in [0.15, 0.2) is 29.8 Å². The summed E-state index contributed by atoms with van der Waals surface area (Å²) in [6.07, 6.45) is 1.05. The number of aromatic carboxylic acids is 1. The maximum atomic E-state index is 11.6. The average molecular weight is 259 g/mol. The number of benzene rings is 1. The van der Waals surface area contributed by atoms with Crippen LogP contribution < -0.4 is 0 Å². The van der Waals surface area contributed by atoms with E-state index in [1.807, 2.05) is 0 Å². The molecule has 19 heavy (non-hydrogen) atoms. The fourth-order valence-electron chi connectivity index (χ4n) is 1.30. The molecule has 0 atom stereocenters. The Bertz CT molecular complexity index is 550. The standard InChI is InChI=1S/C14H13NO4/c1-9(2)19-14(18)12(8-15)7-10-3-5-11(6-4-10)13(16)17/h3-7,9H,1-2H3,(H,16,17). The van der Waals surface area contributed by atoms with Crippen LogP contribution >= 0.6 is 0 Å². The molecule has 0 aromatic heterocycles. The molecule has 1 aromatic carbocycles. The van der Waals surface area contributed by atoms with Crippen molar-refractivity contribution in [2.75, 3.05) is 0 Å². The summed E-state index contributed by atoms with van der Waals surface area (Å²) in [6.45, 7) is 3.38. The van der Waals surface area contributed by atoms with Gasteiger partial charge >= 0.3 is 11.9 Å². The van der Waals surface area contributed by atoms with Gasteiger partial charge < -0.3 is 9.84 Å². The molecule has 0 aliphatic rings. The number of esters is 1. The average Bonchev–Trinajstić information content (AvgIpc) is 2.35. The van der Waals surface area contributed by atoms with Gasteiger partial charge in [-0.2, -0.15) is 5.26 Å². The highest BCUT2D eigenvalue weighted by atomic mass is 16.5. The largest absolute Gasteiger partial charge is 0.478 e. The Kier molecular flexibility index (Phi) is 4.84. The predicted molar refractivity (Wildman–Crippen MR) is 68.2 cm³/mol. The highest BCUT2D eigenvalue weighted by molar-refractivity contribution is 5.98. The minimum Gasteiger partial charge on any atom is -0.478 e. The quantitative estimate of drug-likeness (QED) is 0.509. The minimum absolute atomic E-state index is 0.128. The van der Waals surface area contributed by atoms with Gasteiger partial charge in [0.1, 0.15) is 11.6 Å². The number of nitriles is 1. The summed E-state index contributed by atoms with van der Waals surface area (Å²) in [5.74, 6) is -1.73. The Morgan fingerprint density at radius 1 is 1.32 bits per heavy atom. The summed E-state index contributed by atoms with van der Waals surface area (Å²) in [5.41, 5.74) is 0.569. The van der Waals surface area contributed by atoms with E-state index in [2.05, 4.69) is 0 Å². The molecular weight excluding hydrogens is 246 g/mol. The molecular formula is C14H13NO4. The second kappa shape index (κ2) is 6.36. The van der Waals surface area contributed by atoms with Crippen LogP contribution in [0.4, 0.5) is 0 Å². The molecule has 0 fully saturated rings. The Labute approximate surface area is 110 Å². The molecule has 0 aliphatic carbocycles. The second-order valence-electron chi connectivity index (χ2n) is 4.05. The molecule has 5 heteroatoms. The molecule has 0 aliphatic heterocycles. The number of carbonyl (C=O) groups excluding carboxylic acids is 1. The van der Waals surface area contributed by atoms with Crippen molar-refractivity contribution in [3.8, 4) is 6.07 Å². The molecule has 0 saturated heterocycles. The van der Waals surface area contributed by atoms with Gasteiger partial charge in [-0.05, 0) is 37.6 Å². The van der Waals surface area contributed by atoms with Crippen molar-refractivity contribution in [3.05, 3.63) is 41.0 Å². The first-order valence-corrected chi connectivity index (χ1v) is 5.60. The third-order valence-electron chi connectivity index (χ3n) is 2.15. The maximum Gasteiger partial charge on any atom is 0.349 e. The summed E-state index contributed by atoms with van der Waals surface area (Å²) in [7, 11) is 0. The van der Waals surface area contributed by atoms with Crippen LogP contribution in [0.2, 0.25) is 0 Å². The Balaban J connectivity index is 2.95. The summed E-state index contributed by atoms with van der Waals surface area (Å²) < 4.78 is 4.91. The first-order valence-electron chi connectivity index (χ1n) is 5.60. The third-order valence-corrected chi connectivity index (χ3v) is 2.15. The van der Waals surface area contributed by atoms with Crippen LogP contribution in [0.1, 0.15) is 29.8 Å². The zero-order valence-corrected chi connectivity index (χ0v) is 10.6. The van der Waals surface area contributed by atoms with E-state index in [9.17, 15) is 9.59 Å². The number of carbonyl (C=O) groups is 2. The van der Waals surface area contributed by atoms with E-state index >= 15 is 0 Å². The summed E-state index contributed by atoms with van der Waals surface area (Å²) in [5, 5.41) is 17.6. The topological polar surface area (TPSA) is 87.4 Å². The molecule has 5 nitrogen and oxygen atoms in total. The summed E-state index contributed by atoms with van der Waals surface area (Å²) in [4.78, 5) is 22.2. The van der Waals surface area contributed by atoms with Gasteiger partial charge in [-0.15, -0.1) is 0 Å². The van der Waals surface area contributed by atoms with Gasteiger partial charge in [-0.3, -0.25) is 0 Å². The molecule has 0 heterocycles. The van der Waals surface area contributed by atoms with Crippen molar-refractivity contribution in [2.45, 2.75) is 20.0 Å². The van der Waals surface area contributed by atoms with Gasteiger partial charge in [0.15, 0.2) is 0 Å². The number of rotatable bonds is 4. The SMILES string of the molecule is CC(C)OC(=O)C(C#N)=Cc1ccc(C(=O)O)cc1. The van der Waals surface area contributed by atoms with Crippen molar-refractivity contribution in [1.82, 2.24) is 0 Å². The second-order valence-corrected chi connectivity index (χ2v) is 4.05. The fourth-order valence-corrected chi connectivity index (χ4v) is 1.30. The van der Waals surface area contributed by atoms with Gasteiger partial charge in [-0.1, -0.05) is 12.1 Å². The number of carboxylic acid groups (broad SMARTS) is 1. The van der Waals surface area contributed by atoms with E-state index in [0.29, 0.717) is 5.56 Å². The molecule has 0 radical (unpaired) electrons. The summed E-state index contributed by atoms with van der Waals surface area (Å²) in [6, 6.07) is 7.60. The number of hydrogen-bond acceptors (Lipinski definition) is 4. The van der Waals surface area contributed by atoms with Gasteiger partial charge in [0, 0.05) is 0 Å². The molecule has 0 amide bonds. The number of ether oxygens (including phenoxy) is 1. The van der Waals surface area contributed by atoms with Crippen LogP contribution in [0.5, 0.6) is 0 Å². The van der Waals surface area contributed by atoms with Crippen LogP contribution in [-0.2, 0) is 9.53 Å². The number of nitrogens with zero attached hydrogens (tertiary/aromatic N) is 1. The van der Waals surface area contributed by atoms with Crippen molar-refractivity contribution >= 4 is 18.0 Å². The van der Waals surface area contributed by atoms with Crippen molar-refractivity contribution in [2.24, 2.45) is 0 Å². The number of hydrogen-bond donors (Lipinski definition) is 1. The van der Waals surface area contributed by atoms with Crippen molar-refractivity contribution < 1.29 is 19.4 Å². The Morgan fingerprint density at radius 2 is 1.89 bits per heavy atom. The lowest BCUT2D eigenvalue weighted by molar-refractivity contribution is -0.142. The zero-order chi connectivity index (χ0) is 14.4. The van der Waals surface area contributed by atoms with E-state index < -0.39 is 11.9 Å². The van der Waals surface area contributed by atoms with Gasteiger partial charge in [0.25, 0.3) is 0 Å². The molecule has 0 unspecified atom stereocenters. The van der Waals surface area contributed by atoms with E-state index in [1.54, 1.807) is 19.9 Å². The molecule has 0 saturated carbocycles. The monoisotopic (exact) mass is 259 g/mol. The van der Waals surface area contributed by atoms with E-state index in [-0.39, 0.29) is 17.2 Å². The zero-order valence-electron chi connectivity index (χ0n) is 10.6. The third kappa shape index (κ3) is 4.28. The van der Waals surface area contributed by atoms with Crippen LogP contribution in [0, 0.1) is 11.3 Å². The molecule has 1 N–H and O–H groups in total. The smallest absolute Gasteiger partial charge is 0.349 e. The lowest BCUT2D eigenvalue weighted by atomic mass is 10.1. The maximum absolute atomic E-state index is 11.6. The van der Waals surface area contributed by atoms with Crippen LogP contribution in [0.3, 0.4) is 0 Å². The molecule has 0 spiro atoms. The van der Waals surface area contributed by atoms with E-state index in [0.717, 1.165) is 0 Å². The lowest BCUT2D eigenvalue weighted by Crippen LogP contribution is -2.12. The molecule has 0 bridgehead atoms. The van der Waals surface area contributed by atoms with E-state index in [1.165, 1.54) is 30.3 Å². The predicted octanol–water partition coefficient (Wildman–Crippen LogP) is 2.24. The van der Waals surface area contributed by atoms with Gasteiger partial charge in [0.05, 0.1) is 11.7 Å². The highest BCUT2D eigenvalue weighted by Gasteiger charge is 2.12. The molecule has 1 aromatic rings. The Hall–Kier alpha value is -2.61. The highest BCUT2D eigenvalue weighted by Crippen LogP contribution is 2.10. The normalized spacial score (nSPS) is 10.9. The Morgan fingerprint density at radius 3 is 2.32 bits per heavy atom. The van der Waals surface area contributed by atoms with Crippen molar-refractivity contribution in [1.29, 1.82) is 5.26 Å². The number of carboxylic acids is 1. The summed E-state index contributed by atoms with van der Waals surface area (Å²) >= 11 is 0. The fraction of sp³-hybridized carbons (Fsp3) is 0.214.